The van der Waals surface area contributed by atoms with E-state index in [1.54, 1.807) is 25.6 Å². The number of nitrogens with one attached hydrogen (secondary N) is 1. The van der Waals surface area contributed by atoms with Crippen molar-refractivity contribution >= 4 is 28.6 Å². The van der Waals surface area contributed by atoms with E-state index in [4.69, 9.17) is 29.8 Å². The molecule has 0 spiro atoms. The van der Waals surface area contributed by atoms with Crippen molar-refractivity contribution in [3.05, 3.63) is 42.0 Å². The number of nitrogens with zero attached hydrogens (tertiary/aromatic N) is 8. The van der Waals surface area contributed by atoms with Crippen LogP contribution in [0.3, 0.4) is 0 Å². The molecule has 3 aliphatic rings. The number of H-pyrrole nitrogens is 1. The molecule has 0 radical (unpaired) electrons. The van der Waals surface area contributed by atoms with Gasteiger partial charge in [-0.3, -0.25) is 9.69 Å². The Kier molecular flexibility index (Phi) is 10.6. The number of rotatable bonds is 13. The van der Waals surface area contributed by atoms with Gasteiger partial charge in [0.1, 0.15) is 22.7 Å². The fourth-order valence-corrected chi connectivity index (χ4v) is 8.14. The molecule has 0 bridgehead atoms. The van der Waals surface area contributed by atoms with Gasteiger partial charge in [0.25, 0.3) is 0 Å². The van der Waals surface area contributed by atoms with E-state index in [0.717, 1.165) is 82.3 Å². The molecular formula is C38H48F3N9O3. The number of hydrogen-bond acceptors (Lipinski definition) is 10. The maximum Gasteiger partial charge on any atom is 0.433 e. The standard InChI is InChI=1S/C38H48F3N9O3/c1-24-21-49(13-7-8-33(51)52)14-15-50(24)32-20-42-29(19-43-32)35-46-34-30(48(2)22-37(23-53-3)11-5-4-6-12-37)18-28(45-36(34)47-35)26-16-27(25-9-10-25)44-31(17-26)38(39,40)41/h16-20,24-25H,4-15,21-23H2,1-3H3,(H,51,52)(H,45,46,47)/t24-/m1/s1. The summed E-state index contributed by atoms with van der Waals surface area (Å²) >= 11 is 0. The van der Waals surface area contributed by atoms with Crippen molar-refractivity contribution in [2.45, 2.75) is 82.8 Å². The number of ether oxygens (including phenoxy) is 1. The number of hydrogen-bond donors (Lipinski definition) is 2. The van der Waals surface area contributed by atoms with E-state index >= 15 is 0 Å². The van der Waals surface area contributed by atoms with Crippen molar-refractivity contribution in [3.8, 4) is 22.8 Å². The zero-order valence-electron chi connectivity index (χ0n) is 30.6. The Hall–Kier alpha value is -4.37. The molecule has 284 valence electrons. The SMILES string of the molecule is COCC1(CN(C)c2cc(-c3cc(C4CC4)nc(C(F)(F)F)c3)nc3nc(-c4cnc(N5CCN(CCCC(=O)O)C[C@H]5C)cn4)[nH]c23)CCCCC1. The van der Waals surface area contributed by atoms with E-state index in [-0.39, 0.29) is 23.8 Å². The molecular weight excluding hydrogens is 687 g/mol. The molecule has 0 aromatic carbocycles. The lowest BCUT2D eigenvalue weighted by molar-refractivity contribution is -0.141. The fourth-order valence-electron chi connectivity index (χ4n) is 8.14. The van der Waals surface area contributed by atoms with Gasteiger partial charge in [0.15, 0.2) is 11.5 Å². The number of piperazine rings is 1. The van der Waals surface area contributed by atoms with Crippen LogP contribution in [0.4, 0.5) is 24.7 Å². The molecule has 2 saturated carbocycles. The first-order valence-electron chi connectivity index (χ1n) is 18.6. The van der Waals surface area contributed by atoms with Crippen LogP contribution in [0.5, 0.6) is 0 Å². The van der Waals surface area contributed by atoms with Gasteiger partial charge < -0.3 is 24.6 Å². The lowest BCUT2D eigenvalue weighted by Crippen LogP contribution is -2.52. The van der Waals surface area contributed by atoms with Gasteiger partial charge in [0, 0.05) is 75.4 Å². The Morgan fingerprint density at radius 3 is 2.51 bits per heavy atom. The predicted octanol–water partition coefficient (Wildman–Crippen LogP) is 6.78. The molecule has 15 heteroatoms. The molecule has 12 nitrogen and oxygen atoms in total. The molecule has 1 atom stereocenters. The minimum absolute atomic E-state index is 0.0244. The van der Waals surface area contributed by atoms with Gasteiger partial charge in [0.05, 0.1) is 30.4 Å². The highest BCUT2D eigenvalue weighted by atomic mass is 19.4. The van der Waals surface area contributed by atoms with Crippen molar-refractivity contribution in [2.75, 3.05) is 63.3 Å². The van der Waals surface area contributed by atoms with Gasteiger partial charge in [-0.2, -0.15) is 13.2 Å². The van der Waals surface area contributed by atoms with Crippen LogP contribution < -0.4 is 9.80 Å². The molecule has 2 N–H and O–H groups in total. The number of alkyl halides is 3. The lowest BCUT2D eigenvalue weighted by atomic mass is 9.74. The quantitative estimate of drug-likeness (QED) is 0.150. The van der Waals surface area contributed by atoms with E-state index in [1.165, 1.54) is 6.42 Å². The van der Waals surface area contributed by atoms with Crippen molar-refractivity contribution in [1.82, 2.24) is 34.8 Å². The minimum Gasteiger partial charge on any atom is -0.481 e. The number of halogens is 3. The molecule has 5 heterocycles. The second-order valence-corrected chi connectivity index (χ2v) is 15.2. The maximum atomic E-state index is 14.1. The number of anilines is 2. The van der Waals surface area contributed by atoms with Crippen LogP contribution >= 0.6 is 0 Å². The van der Waals surface area contributed by atoms with E-state index in [0.29, 0.717) is 59.2 Å². The number of aliphatic carboxylic acids is 1. The molecule has 2 aliphatic carbocycles. The second kappa shape index (κ2) is 15.2. The van der Waals surface area contributed by atoms with Crippen molar-refractivity contribution in [2.24, 2.45) is 5.41 Å². The van der Waals surface area contributed by atoms with Gasteiger partial charge >= 0.3 is 12.1 Å². The van der Waals surface area contributed by atoms with Crippen LogP contribution in [0.1, 0.15) is 82.0 Å². The summed E-state index contributed by atoms with van der Waals surface area (Å²) in [5.74, 6) is 0.449. The van der Waals surface area contributed by atoms with Crippen molar-refractivity contribution in [1.29, 1.82) is 0 Å². The average molecular weight is 736 g/mol. The minimum atomic E-state index is -4.59. The summed E-state index contributed by atoms with van der Waals surface area (Å²) in [5, 5.41) is 8.98. The summed E-state index contributed by atoms with van der Waals surface area (Å²) in [7, 11) is 3.74. The third-order valence-corrected chi connectivity index (χ3v) is 11.0. The van der Waals surface area contributed by atoms with Crippen molar-refractivity contribution in [3.63, 3.8) is 0 Å². The van der Waals surface area contributed by atoms with E-state index in [9.17, 15) is 18.0 Å². The lowest BCUT2D eigenvalue weighted by Gasteiger charge is -2.40. The van der Waals surface area contributed by atoms with Gasteiger partial charge in [-0.1, -0.05) is 19.3 Å². The third kappa shape index (κ3) is 8.40. The van der Waals surface area contributed by atoms with E-state index in [2.05, 4.69) is 31.6 Å². The summed E-state index contributed by atoms with van der Waals surface area (Å²) in [5.41, 5.74) is 2.58. The van der Waals surface area contributed by atoms with E-state index in [1.807, 2.05) is 13.1 Å². The largest absolute Gasteiger partial charge is 0.481 e. The number of fused-ring (bicyclic) bond motifs is 1. The Balaban J connectivity index is 1.21. The molecule has 4 aromatic rings. The smallest absolute Gasteiger partial charge is 0.433 e. The van der Waals surface area contributed by atoms with Crippen LogP contribution in [0.25, 0.3) is 33.9 Å². The normalized spacial score (nSPS) is 19.5. The van der Waals surface area contributed by atoms with Gasteiger partial charge in [0.2, 0.25) is 0 Å². The number of methoxy groups -OCH3 is 1. The number of carbonyl (C=O) groups is 1. The van der Waals surface area contributed by atoms with Gasteiger partial charge in [-0.05, 0) is 63.8 Å². The number of carboxylic acids is 1. The van der Waals surface area contributed by atoms with Crippen molar-refractivity contribution < 1.29 is 27.8 Å². The van der Waals surface area contributed by atoms with Crippen LogP contribution in [0.15, 0.2) is 30.6 Å². The summed E-state index contributed by atoms with van der Waals surface area (Å²) < 4.78 is 47.9. The maximum absolute atomic E-state index is 14.1. The molecule has 0 unspecified atom stereocenters. The Bertz CT molecular complexity index is 1900. The Morgan fingerprint density at radius 2 is 1.85 bits per heavy atom. The highest BCUT2D eigenvalue weighted by Gasteiger charge is 2.37. The summed E-state index contributed by atoms with van der Waals surface area (Å²) in [6, 6.07) is 4.86. The zero-order valence-corrected chi connectivity index (χ0v) is 30.6. The van der Waals surface area contributed by atoms with Gasteiger partial charge in [-0.25, -0.2) is 24.9 Å². The van der Waals surface area contributed by atoms with Crippen LogP contribution in [-0.2, 0) is 15.7 Å². The third-order valence-electron chi connectivity index (χ3n) is 11.0. The summed E-state index contributed by atoms with van der Waals surface area (Å²) in [6.45, 7) is 6.53. The number of aromatic amines is 1. The number of pyridine rings is 2. The summed E-state index contributed by atoms with van der Waals surface area (Å²) in [6.07, 6.45) is 6.76. The molecule has 0 amide bonds. The highest BCUT2D eigenvalue weighted by molar-refractivity contribution is 5.91. The van der Waals surface area contributed by atoms with E-state index < -0.39 is 17.8 Å². The number of imidazole rings is 1. The van der Waals surface area contributed by atoms with Crippen LogP contribution in [0, 0.1) is 5.41 Å². The molecule has 1 saturated heterocycles. The first-order valence-corrected chi connectivity index (χ1v) is 18.6. The Labute approximate surface area is 307 Å². The number of aromatic nitrogens is 6. The zero-order chi connectivity index (χ0) is 37.3. The average Bonchev–Trinajstić information content (AvgIpc) is 3.89. The first kappa shape index (κ1) is 37.0. The summed E-state index contributed by atoms with van der Waals surface area (Å²) in [4.78, 5) is 44.2. The predicted molar refractivity (Wildman–Crippen MR) is 196 cm³/mol. The van der Waals surface area contributed by atoms with Gasteiger partial charge in [-0.15, -0.1) is 0 Å². The fraction of sp³-hybridized carbons (Fsp3) is 0.579. The first-order chi connectivity index (χ1) is 25.4. The highest BCUT2D eigenvalue weighted by Crippen LogP contribution is 2.43. The molecule has 53 heavy (non-hydrogen) atoms. The molecule has 1 aliphatic heterocycles. The molecule has 7 rings (SSSR count). The monoisotopic (exact) mass is 735 g/mol. The topological polar surface area (TPSA) is 136 Å². The van der Waals surface area contributed by atoms with Crippen LogP contribution in [0.2, 0.25) is 0 Å². The molecule has 4 aromatic heterocycles. The number of carboxylic acid groups (broad SMARTS) is 1. The molecule has 3 fully saturated rings. The Morgan fingerprint density at radius 1 is 1.06 bits per heavy atom. The van der Waals surface area contributed by atoms with Crippen LogP contribution in [-0.4, -0.2) is 105 Å². The second-order valence-electron chi connectivity index (χ2n) is 15.2.